The summed E-state index contributed by atoms with van der Waals surface area (Å²) in [5.74, 6) is 8.62. The van der Waals surface area contributed by atoms with Gasteiger partial charge in [-0.25, -0.2) is 0 Å². The van der Waals surface area contributed by atoms with E-state index >= 15 is 0 Å². The number of nitrogens with zero attached hydrogens (tertiary/aromatic N) is 2. The number of rotatable bonds is 7. The fourth-order valence-electron chi connectivity index (χ4n) is 5.75. The van der Waals surface area contributed by atoms with E-state index in [0.29, 0.717) is 11.8 Å². The summed E-state index contributed by atoms with van der Waals surface area (Å²) in [7, 11) is 0. The first-order valence-electron chi connectivity index (χ1n) is 15.7. The van der Waals surface area contributed by atoms with Gasteiger partial charge in [0.2, 0.25) is 0 Å². The predicted octanol–water partition coefficient (Wildman–Crippen LogP) is 10.2. The molecule has 3 aromatic heterocycles. The number of para-hydroxylation sites is 1. The molecule has 0 N–H and O–H groups in total. The molecule has 0 atom stereocenters. The molecule has 45 heavy (non-hydrogen) atoms. The minimum absolute atomic E-state index is 0. The van der Waals surface area contributed by atoms with Crippen molar-refractivity contribution >= 4 is 39.6 Å². The first-order chi connectivity index (χ1) is 21.0. The summed E-state index contributed by atoms with van der Waals surface area (Å²) in [6.07, 6.45) is 6.20. The molecule has 0 fully saturated rings. The van der Waals surface area contributed by atoms with E-state index < -0.39 is 13.3 Å². The van der Waals surface area contributed by atoms with Gasteiger partial charge in [-0.05, 0) is 30.2 Å². The third-order valence-electron chi connectivity index (χ3n) is 7.72. The van der Waals surface area contributed by atoms with Crippen LogP contribution in [0.25, 0.3) is 44.5 Å². The van der Waals surface area contributed by atoms with Crippen molar-refractivity contribution in [3.63, 3.8) is 0 Å². The summed E-state index contributed by atoms with van der Waals surface area (Å²) in [6, 6.07) is 31.5. The van der Waals surface area contributed by atoms with E-state index in [2.05, 4.69) is 118 Å². The molecular weight excluding hydrogens is 789 g/mol. The van der Waals surface area contributed by atoms with Crippen molar-refractivity contribution < 1.29 is 24.5 Å². The molecule has 0 spiro atoms. The Morgan fingerprint density at radius 1 is 0.778 bits per heavy atom. The van der Waals surface area contributed by atoms with E-state index in [1.165, 1.54) is 16.7 Å². The quantitative estimate of drug-likeness (QED) is 0.119. The van der Waals surface area contributed by atoms with Crippen LogP contribution in [0.5, 0.6) is 0 Å². The smallest absolute Gasteiger partial charge is 0 e. The molecule has 1 radical (unpaired) electrons. The van der Waals surface area contributed by atoms with Crippen LogP contribution in [-0.4, -0.2) is 23.2 Å². The Morgan fingerprint density at radius 3 is 2.22 bits per heavy atom. The van der Waals surface area contributed by atoms with Crippen LogP contribution in [0.3, 0.4) is 0 Å². The summed E-state index contributed by atoms with van der Waals surface area (Å²) in [5.41, 5.74) is 9.84. The summed E-state index contributed by atoms with van der Waals surface area (Å²) >= 11 is -1.87. The number of furan rings is 1. The average Bonchev–Trinajstić information content (AvgIpc) is 3.35. The molecule has 0 bridgehead atoms. The first-order valence-corrected chi connectivity index (χ1v) is 23.1. The molecule has 235 valence electrons. The van der Waals surface area contributed by atoms with Gasteiger partial charge in [-0.1, -0.05) is 54.6 Å². The standard InChI is InChI=1S/C21H18NO.C19H26GeN.Ir/c1-14(2)12-15-10-11-22-19(13-15)18-8-5-7-17-16-6-3-4-9-20(16)23-21(17)18;1-14(2)10-17-12-19(16-9-7-8-15(3)11-16)21-13-18(17)20(4,5)6;/h3-7,9-11,13-14H,12H2,1-2H3;7-8,11-14H,10H2,1-6H3;/q2*-1;. The SMILES string of the molecule is CC(C)Cc1ccnc(-c2[c-]ccc3c2oc2ccccc23)c1.Cc1cc[c-]c(-c2cc(CC(C)C)[c]([Ge]([CH3])([CH3])[CH3])cn2)c1.[Ir]. The van der Waals surface area contributed by atoms with Crippen molar-refractivity contribution in [2.45, 2.75) is 64.7 Å². The molecule has 0 saturated carbocycles. The Balaban J connectivity index is 0.000000201. The van der Waals surface area contributed by atoms with E-state index in [1.807, 2.05) is 36.5 Å². The van der Waals surface area contributed by atoms with Gasteiger partial charge in [-0.15, -0.1) is 18.2 Å². The second kappa shape index (κ2) is 15.0. The number of benzene rings is 3. The van der Waals surface area contributed by atoms with Crippen molar-refractivity contribution in [2.75, 3.05) is 0 Å². The second-order valence-electron chi connectivity index (χ2n) is 13.7. The van der Waals surface area contributed by atoms with Gasteiger partial charge in [0, 0.05) is 31.7 Å². The summed E-state index contributed by atoms with van der Waals surface area (Å²) in [6.45, 7) is 11.2. The molecule has 0 amide bonds. The Kier molecular flexibility index (Phi) is 11.6. The van der Waals surface area contributed by atoms with Gasteiger partial charge in [-0.3, -0.25) is 0 Å². The fraction of sp³-hybridized carbons (Fsp3) is 0.300. The van der Waals surface area contributed by atoms with E-state index in [-0.39, 0.29) is 20.1 Å². The Labute approximate surface area is 285 Å². The maximum Gasteiger partial charge on any atom is 0 e. The third kappa shape index (κ3) is 8.61. The zero-order valence-electron chi connectivity index (χ0n) is 27.8. The third-order valence-corrected chi connectivity index (χ3v) is 12.1. The molecule has 5 heteroatoms. The molecule has 3 heterocycles. The van der Waals surface area contributed by atoms with Crippen LogP contribution >= 0.6 is 0 Å². The summed E-state index contributed by atoms with van der Waals surface area (Å²) in [5, 5.41) is 2.25. The zero-order chi connectivity index (χ0) is 31.4. The van der Waals surface area contributed by atoms with E-state index in [4.69, 9.17) is 9.40 Å². The monoisotopic (exact) mass is 835 g/mol. The minimum Gasteiger partial charge on any atom is 0 e. The predicted molar refractivity (Wildman–Crippen MR) is 189 cm³/mol. The van der Waals surface area contributed by atoms with Crippen LogP contribution in [-0.2, 0) is 32.9 Å². The fourth-order valence-corrected chi connectivity index (χ4v) is 9.08. The van der Waals surface area contributed by atoms with Gasteiger partial charge >= 0.3 is 132 Å². The van der Waals surface area contributed by atoms with Gasteiger partial charge in [0.25, 0.3) is 0 Å². The molecule has 0 aliphatic heterocycles. The van der Waals surface area contributed by atoms with Crippen molar-refractivity contribution in [3.05, 3.63) is 114 Å². The number of fused-ring (bicyclic) bond motifs is 3. The number of hydrogen-bond acceptors (Lipinski definition) is 3. The molecule has 6 rings (SSSR count). The van der Waals surface area contributed by atoms with E-state index in [1.54, 1.807) is 4.40 Å². The minimum atomic E-state index is -1.87. The van der Waals surface area contributed by atoms with Gasteiger partial charge in [0.05, 0.1) is 5.58 Å². The molecular formula is C40H44GeIrN2O-2. The van der Waals surface area contributed by atoms with Crippen LogP contribution in [0.1, 0.15) is 44.4 Å². The van der Waals surface area contributed by atoms with Crippen LogP contribution in [0.15, 0.2) is 89.6 Å². The number of hydrogen-bond donors (Lipinski definition) is 0. The topological polar surface area (TPSA) is 38.9 Å². The summed E-state index contributed by atoms with van der Waals surface area (Å²) < 4.78 is 7.63. The molecule has 3 aromatic carbocycles. The molecule has 0 unspecified atom stereocenters. The van der Waals surface area contributed by atoms with Crippen molar-refractivity contribution in [1.29, 1.82) is 0 Å². The van der Waals surface area contributed by atoms with Gasteiger partial charge < -0.3 is 9.40 Å². The van der Waals surface area contributed by atoms with Crippen molar-refractivity contribution in [2.24, 2.45) is 11.8 Å². The Morgan fingerprint density at radius 2 is 1.51 bits per heavy atom. The van der Waals surface area contributed by atoms with Gasteiger partial charge in [0.1, 0.15) is 5.58 Å². The zero-order valence-corrected chi connectivity index (χ0v) is 32.3. The molecule has 0 aliphatic carbocycles. The molecule has 0 aliphatic rings. The van der Waals surface area contributed by atoms with Crippen LogP contribution in [0.4, 0.5) is 0 Å². The van der Waals surface area contributed by atoms with Crippen LogP contribution in [0.2, 0.25) is 17.3 Å². The molecule has 0 saturated heterocycles. The van der Waals surface area contributed by atoms with E-state index in [9.17, 15) is 0 Å². The number of aryl methyl sites for hydroxylation is 1. The van der Waals surface area contributed by atoms with E-state index in [0.717, 1.165) is 57.3 Å². The number of aromatic nitrogens is 2. The maximum absolute atomic E-state index is 6.09. The van der Waals surface area contributed by atoms with Gasteiger partial charge in [-0.2, -0.15) is 0 Å². The largest absolute Gasteiger partial charge is 0 e. The first kappa shape index (κ1) is 34.8. The Hall–Kier alpha value is -3.05. The van der Waals surface area contributed by atoms with Crippen molar-refractivity contribution in [1.82, 2.24) is 9.97 Å². The van der Waals surface area contributed by atoms with Gasteiger partial charge in [0.15, 0.2) is 0 Å². The normalized spacial score (nSPS) is 11.5. The molecule has 3 nitrogen and oxygen atoms in total. The number of pyridine rings is 2. The second-order valence-corrected chi connectivity index (χ2v) is 24.3. The average molecular weight is 834 g/mol. The summed E-state index contributed by atoms with van der Waals surface area (Å²) in [4.78, 5) is 9.29. The maximum atomic E-state index is 6.09. The van der Waals surface area contributed by atoms with Crippen LogP contribution < -0.4 is 4.40 Å². The van der Waals surface area contributed by atoms with Crippen molar-refractivity contribution in [3.8, 4) is 22.5 Å². The molecule has 6 aromatic rings. The Bertz CT molecular complexity index is 1880. The van der Waals surface area contributed by atoms with Crippen LogP contribution in [0, 0.1) is 30.9 Å².